The van der Waals surface area contributed by atoms with Gasteiger partial charge in [-0.1, -0.05) is 54.1 Å². The average molecular weight is 438 g/mol. The Morgan fingerprint density at radius 1 is 1.10 bits per heavy atom. The number of nitrogens with zero attached hydrogens (tertiary/aromatic N) is 1. The molecule has 0 spiro atoms. The van der Waals surface area contributed by atoms with Crippen LogP contribution in [0.2, 0.25) is 5.02 Å². The quantitative estimate of drug-likeness (QED) is 0.342. The van der Waals surface area contributed by atoms with Gasteiger partial charge in [-0.05, 0) is 59.9 Å². The molecule has 0 saturated heterocycles. The Bertz CT molecular complexity index is 1130. The molecule has 4 aromatic rings. The molecule has 1 atom stereocenters. The Labute approximate surface area is 185 Å². The summed E-state index contributed by atoms with van der Waals surface area (Å²) in [7, 11) is 1.67. The van der Waals surface area contributed by atoms with E-state index in [2.05, 4.69) is 46.1 Å². The lowest BCUT2D eigenvalue weighted by molar-refractivity contribution is 0.416. The zero-order valence-electron chi connectivity index (χ0n) is 16.8. The monoisotopic (exact) mass is 437 g/mol. The number of fused-ring (bicyclic) bond motifs is 1. The van der Waals surface area contributed by atoms with E-state index >= 15 is 0 Å². The normalized spacial score (nSPS) is 12.2. The number of nitrogens with one attached hydrogen (secondary N) is 1. The summed E-state index contributed by atoms with van der Waals surface area (Å²) in [5, 5.41) is 5.35. The van der Waals surface area contributed by atoms with E-state index in [1.165, 1.54) is 27.2 Å². The summed E-state index contributed by atoms with van der Waals surface area (Å²) < 4.78 is 11.2. The van der Waals surface area contributed by atoms with Crippen molar-refractivity contribution in [2.24, 2.45) is 5.73 Å². The average Bonchev–Trinajstić information content (AvgIpc) is 3.21. The predicted octanol–water partition coefficient (Wildman–Crippen LogP) is 5.81. The number of hydrogen-bond donors (Lipinski definition) is 2. The SMILES string of the molecule is COc1ccc(Cl)cc1-c1ccc(CNCCC(N)c2nsc3ccccc23)cc1. The fourth-order valence-corrected chi connectivity index (χ4v) is 4.52. The number of aromatic nitrogens is 1. The molecule has 30 heavy (non-hydrogen) atoms. The molecule has 0 radical (unpaired) electrons. The Morgan fingerprint density at radius 2 is 1.90 bits per heavy atom. The van der Waals surface area contributed by atoms with Crippen LogP contribution in [0.5, 0.6) is 5.75 Å². The van der Waals surface area contributed by atoms with Crippen LogP contribution in [-0.2, 0) is 6.54 Å². The summed E-state index contributed by atoms with van der Waals surface area (Å²) in [6.07, 6.45) is 0.839. The van der Waals surface area contributed by atoms with E-state index in [1.807, 2.05) is 30.3 Å². The third kappa shape index (κ3) is 4.65. The van der Waals surface area contributed by atoms with Gasteiger partial charge >= 0.3 is 0 Å². The van der Waals surface area contributed by atoms with Gasteiger partial charge in [0.25, 0.3) is 0 Å². The molecule has 3 aromatic carbocycles. The van der Waals surface area contributed by atoms with Crippen molar-refractivity contribution in [2.45, 2.75) is 19.0 Å². The molecule has 0 amide bonds. The van der Waals surface area contributed by atoms with Gasteiger partial charge in [0.2, 0.25) is 0 Å². The number of ether oxygens (including phenoxy) is 1. The van der Waals surface area contributed by atoms with Crippen molar-refractivity contribution in [3.63, 3.8) is 0 Å². The topological polar surface area (TPSA) is 60.2 Å². The largest absolute Gasteiger partial charge is 0.496 e. The van der Waals surface area contributed by atoms with Crippen molar-refractivity contribution in [1.29, 1.82) is 0 Å². The molecule has 0 aliphatic rings. The van der Waals surface area contributed by atoms with Crippen molar-refractivity contribution in [3.8, 4) is 16.9 Å². The number of rotatable bonds is 8. The zero-order chi connectivity index (χ0) is 20.9. The van der Waals surface area contributed by atoms with Crippen LogP contribution in [0.1, 0.15) is 23.7 Å². The standard InChI is InChI=1S/C24H24ClN3OS/c1-29-22-11-10-18(25)14-20(22)17-8-6-16(7-9-17)15-27-13-12-21(26)24-19-4-2-3-5-23(19)30-28-24/h2-11,14,21,27H,12-13,15,26H2,1H3. The lowest BCUT2D eigenvalue weighted by atomic mass is 10.0. The molecule has 1 unspecified atom stereocenters. The van der Waals surface area contributed by atoms with E-state index in [9.17, 15) is 0 Å². The van der Waals surface area contributed by atoms with E-state index in [-0.39, 0.29) is 6.04 Å². The Balaban J connectivity index is 1.32. The van der Waals surface area contributed by atoms with Gasteiger partial charge in [0, 0.05) is 28.6 Å². The first-order chi connectivity index (χ1) is 14.7. The first kappa shape index (κ1) is 20.8. The van der Waals surface area contributed by atoms with Gasteiger partial charge in [-0.2, -0.15) is 4.37 Å². The van der Waals surface area contributed by atoms with Crippen LogP contribution >= 0.6 is 23.1 Å². The minimum Gasteiger partial charge on any atom is -0.496 e. The molecule has 0 aliphatic heterocycles. The van der Waals surface area contributed by atoms with Crippen molar-refractivity contribution < 1.29 is 4.74 Å². The minimum atomic E-state index is -0.0636. The first-order valence-electron chi connectivity index (χ1n) is 9.89. The van der Waals surface area contributed by atoms with E-state index in [4.69, 9.17) is 22.1 Å². The third-order valence-corrected chi connectivity index (χ3v) is 6.22. The Morgan fingerprint density at radius 3 is 2.70 bits per heavy atom. The van der Waals surface area contributed by atoms with Gasteiger partial charge in [0.1, 0.15) is 5.75 Å². The number of hydrogen-bond acceptors (Lipinski definition) is 5. The number of halogens is 1. The number of nitrogens with two attached hydrogens (primary N) is 1. The second-order valence-electron chi connectivity index (χ2n) is 7.18. The van der Waals surface area contributed by atoms with Crippen LogP contribution in [0.4, 0.5) is 0 Å². The van der Waals surface area contributed by atoms with E-state index in [1.54, 1.807) is 7.11 Å². The van der Waals surface area contributed by atoms with Crippen LogP contribution in [0.25, 0.3) is 21.2 Å². The molecule has 1 heterocycles. The number of benzene rings is 3. The van der Waals surface area contributed by atoms with Crippen LogP contribution in [0, 0.1) is 0 Å². The molecule has 154 valence electrons. The summed E-state index contributed by atoms with van der Waals surface area (Å²) in [6, 6.07) is 22.3. The van der Waals surface area contributed by atoms with Crippen LogP contribution in [-0.4, -0.2) is 18.0 Å². The zero-order valence-corrected chi connectivity index (χ0v) is 18.3. The van der Waals surface area contributed by atoms with E-state index in [0.29, 0.717) is 5.02 Å². The first-order valence-corrected chi connectivity index (χ1v) is 11.0. The molecule has 0 bridgehead atoms. The summed E-state index contributed by atoms with van der Waals surface area (Å²) in [5.74, 6) is 0.814. The second-order valence-corrected chi connectivity index (χ2v) is 8.42. The van der Waals surface area contributed by atoms with Crippen LogP contribution in [0.15, 0.2) is 66.7 Å². The van der Waals surface area contributed by atoms with Crippen LogP contribution in [0.3, 0.4) is 0 Å². The highest BCUT2D eigenvalue weighted by Crippen LogP contribution is 2.32. The molecule has 4 nitrogen and oxygen atoms in total. The van der Waals surface area contributed by atoms with Gasteiger partial charge in [-0.3, -0.25) is 0 Å². The van der Waals surface area contributed by atoms with Gasteiger partial charge in [-0.15, -0.1) is 0 Å². The molecule has 3 N–H and O–H groups in total. The molecule has 0 fully saturated rings. The van der Waals surface area contributed by atoms with E-state index < -0.39 is 0 Å². The highest BCUT2D eigenvalue weighted by atomic mass is 35.5. The van der Waals surface area contributed by atoms with Gasteiger partial charge in [-0.25, -0.2) is 0 Å². The molecule has 1 aromatic heterocycles. The van der Waals surface area contributed by atoms with Crippen molar-refractivity contribution in [1.82, 2.24) is 9.69 Å². The van der Waals surface area contributed by atoms with Crippen molar-refractivity contribution in [2.75, 3.05) is 13.7 Å². The molecular weight excluding hydrogens is 414 g/mol. The summed E-state index contributed by atoms with van der Waals surface area (Å²) in [4.78, 5) is 0. The van der Waals surface area contributed by atoms with E-state index in [0.717, 1.165) is 42.1 Å². The van der Waals surface area contributed by atoms with Crippen molar-refractivity contribution >= 4 is 33.2 Å². The molecule has 4 rings (SSSR count). The maximum atomic E-state index is 6.39. The third-order valence-electron chi connectivity index (χ3n) is 5.14. The summed E-state index contributed by atoms with van der Waals surface area (Å²) >= 11 is 7.67. The maximum absolute atomic E-state index is 6.39. The maximum Gasteiger partial charge on any atom is 0.126 e. The minimum absolute atomic E-state index is 0.0636. The molecular formula is C24H24ClN3OS. The van der Waals surface area contributed by atoms with Crippen molar-refractivity contribution in [3.05, 3.63) is 83.0 Å². The lowest BCUT2D eigenvalue weighted by Crippen LogP contribution is -2.21. The Kier molecular flexibility index (Phi) is 6.65. The van der Waals surface area contributed by atoms with Gasteiger partial charge in [0.05, 0.1) is 17.5 Å². The highest BCUT2D eigenvalue weighted by molar-refractivity contribution is 7.13. The molecule has 0 aliphatic carbocycles. The highest BCUT2D eigenvalue weighted by Gasteiger charge is 2.13. The predicted molar refractivity (Wildman–Crippen MR) is 126 cm³/mol. The summed E-state index contributed by atoms with van der Waals surface area (Å²) in [6.45, 7) is 1.62. The Hall–Kier alpha value is -2.44. The summed E-state index contributed by atoms with van der Waals surface area (Å²) in [5.41, 5.74) is 10.7. The van der Waals surface area contributed by atoms with Gasteiger partial charge < -0.3 is 15.8 Å². The second kappa shape index (κ2) is 9.58. The fourth-order valence-electron chi connectivity index (χ4n) is 3.51. The fraction of sp³-hybridized carbons (Fsp3) is 0.208. The smallest absolute Gasteiger partial charge is 0.126 e. The lowest BCUT2D eigenvalue weighted by Gasteiger charge is -2.12. The van der Waals surface area contributed by atoms with Crippen LogP contribution < -0.4 is 15.8 Å². The molecule has 0 saturated carbocycles. The van der Waals surface area contributed by atoms with Gasteiger partial charge in [0.15, 0.2) is 0 Å². The number of methoxy groups -OCH3 is 1. The molecule has 6 heteroatoms.